The first-order chi connectivity index (χ1) is 14.2. The SMILES string of the molecule is CC(C)(C)OC(=O)N[C@@H](Cc1ccccc1)c1cc(C[C@@H]2COC(=O)C2)ccc1I. The summed E-state index contributed by atoms with van der Waals surface area (Å²) in [5.41, 5.74) is 2.76. The van der Waals surface area contributed by atoms with Crippen LogP contribution >= 0.6 is 22.6 Å². The van der Waals surface area contributed by atoms with Gasteiger partial charge in [0.15, 0.2) is 0 Å². The molecule has 0 spiro atoms. The highest BCUT2D eigenvalue weighted by molar-refractivity contribution is 14.1. The van der Waals surface area contributed by atoms with Crippen molar-refractivity contribution in [2.75, 3.05) is 6.61 Å². The van der Waals surface area contributed by atoms with Gasteiger partial charge in [-0.2, -0.15) is 0 Å². The standard InChI is InChI=1S/C24H28INO4/c1-24(2,3)30-23(28)26-21(13-16-7-5-4-6-8-16)19-12-17(9-10-20(19)25)11-18-14-22(27)29-15-18/h4-10,12,18,21H,11,13-15H2,1-3H3,(H,26,28)/t18-,21-/m0/s1. The van der Waals surface area contributed by atoms with E-state index in [1.54, 1.807) is 0 Å². The maximum absolute atomic E-state index is 12.6. The smallest absolute Gasteiger partial charge is 0.408 e. The van der Waals surface area contributed by atoms with Crippen LogP contribution in [0, 0.1) is 9.49 Å². The Morgan fingerprint density at radius 3 is 2.57 bits per heavy atom. The van der Waals surface area contributed by atoms with E-state index in [1.807, 2.05) is 39.0 Å². The maximum atomic E-state index is 12.6. The Hall–Kier alpha value is -2.09. The number of amides is 1. The summed E-state index contributed by atoms with van der Waals surface area (Å²) in [5.74, 6) is 0.0797. The van der Waals surface area contributed by atoms with Gasteiger partial charge in [0.1, 0.15) is 5.60 Å². The summed E-state index contributed by atoms with van der Waals surface area (Å²) in [6.07, 6.45) is 1.47. The van der Waals surface area contributed by atoms with Crippen molar-refractivity contribution in [2.24, 2.45) is 5.92 Å². The minimum absolute atomic E-state index is 0.126. The summed E-state index contributed by atoms with van der Waals surface area (Å²) in [4.78, 5) is 24.0. The van der Waals surface area contributed by atoms with Gasteiger partial charge in [0, 0.05) is 9.49 Å². The van der Waals surface area contributed by atoms with Gasteiger partial charge >= 0.3 is 12.1 Å². The molecule has 0 aromatic heterocycles. The second-order valence-electron chi connectivity index (χ2n) is 8.70. The lowest BCUT2D eigenvalue weighted by atomic mass is 9.93. The number of ether oxygens (including phenoxy) is 2. The molecule has 1 aliphatic heterocycles. The van der Waals surface area contributed by atoms with E-state index in [9.17, 15) is 9.59 Å². The molecule has 0 unspecified atom stereocenters. The Morgan fingerprint density at radius 1 is 1.20 bits per heavy atom. The number of cyclic esters (lactones) is 1. The van der Waals surface area contributed by atoms with Gasteiger partial charge in [0.05, 0.1) is 19.1 Å². The third-order valence-electron chi connectivity index (χ3n) is 4.87. The van der Waals surface area contributed by atoms with E-state index < -0.39 is 11.7 Å². The van der Waals surface area contributed by atoms with Gasteiger partial charge in [0.2, 0.25) is 0 Å². The van der Waals surface area contributed by atoms with Crippen LogP contribution in [0.4, 0.5) is 4.79 Å². The van der Waals surface area contributed by atoms with E-state index in [0.717, 1.165) is 26.7 Å². The number of carbonyl (C=O) groups is 2. The molecule has 6 heteroatoms. The van der Waals surface area contributed by atoms with E-state index in [-0.39, 0.29) is 17.9 Å². The Kier molecular flexibility index (Phi) is 7.39. The summed E-state index contributed by atoms with van der Waals surface area (Å²) >= 11 is 2.31. The van der Waals surface area contributed by atoms with Crippen molar-refractivity contribution in [2.45, 2.75) is 51.7 Å². The number of nitrogens with one attached hydrogen (secondary N) is 1. The van der Waals surface area contributed by atoms with Crippen molar-refractivity contribution < 1.29 is 19.1 Å². The fraction of sp³-hybridized carbons (Fsp3) is 0.417. The van der Waals surface area contributed by atoms with Crippen molar-refractivity contribution in [3.63, 3.8) is 0 Å². The zero-order chi connectivity index (χ0) is 21.7. The number of benzene rings is 2. The van der Waals surface area contributed by atoms with Gasteiger partial charge < -0.3 is 14.8 Å². The molecule has 0 aliphatic carbocycles. The molecular formula is C24H28INO4. The number of alkyl carbamates (subject to hydrolysis) is 1. The van der Waals surface area contributed by atoms with Gasteiger partial charge in [-0.3, -0.25) is 4.79 Å². The fourth-order valence-corrected chi connectivity index (χ4v) is 4.27. The van der Waals surface area contributed by atoms with Gasteiger partial charge in [-0.05, 0) is 79.0 Å². The van der Waals surface area contributed by atoms with E-state index in [0.29, 0.717) is 19.4 Å². The summed E-state index contributed by atoms with van der Waals surface area (Å²) < 4.78 is 11.7. The predicted octanol–water partition coefficient (Wildman–Crippen LogP) is 5.21. The molecule has 1 aliphatic rings. The first kappa shape index (κ1) is 22.6. The minimum atomic E-state index is -0.564. The molecule has 30 heavy (non-hydrogen) atoms. The largest absolute Gasteiger partial charge is 0.465 e. The Bertz CT molecular complexity index is 892. The van der Waals surface area contributed by atoms with Crippen LogP contribution in [-0.4, -0.2) is 24.3 Å². The van der Waals surface area contributed by atoms with Crippen LogP contribution in [0.3, 0.4) is 0 Å². The van der Waals surface area contributed by atoms with Crippen LogP contribution in [0.1, 0.15) is 49.9 Å². The molecule has 0 saturated carbocycles. The number of hydrogen-bond acceptors (Lipinski definition) is 4. The zero-order valence-electron chi connectivity index (χ0n) is 17.6. The number of carbonyl (C=O) groups excluding carboxylic acids is 2. The number of halogens is 1. The Labute approximate surface area is 191 Å². The summed E-state index contributed by atoms with van der Waals surface area (Å²) in [6.45, 7) is 6.04. The van der Waals surface area contributed by atoms with E-state index in [4.69, 9.17) is 9.47 Å². The van der Waals surface area contributed by atoms with Crippen molar-refractivity contribution in [1.29, 1.82) is 0 Å². The minimum Gasteiger partial charge on any atom is -0.465 e. The summed E-state index contributed by atoms with van der Waals surface area (Å²) in [5, 5.41) is 3.06. The lowest BCUT2D eigenvalue weighted by Crippen LogP contribution is -2.36. The van der Waals surface area contributed by atoms with Crippen molar-refractivity contribution in [1.82, 2.24) is 5.32 Å². The molecule has 2 aromatic rings. The van der Waals surface area contributed by atoms with Crippen molar-refractivity contribution in [3.8, 4) is 0 Å². The molecule has 1 heterocycles. The topological polar surface area (TPSA) is 64.6 Å². The van der Waals surface area contributed by atoms with Crippen molar-refractivity contribution >= 4 is 34.7 Å². The maximum Gasteiger partial charge on any atom is 0.408 e. The first-order valence-corrected chi connectivity index (χ1v) is 11.2. The van der Waals surface area contributed by atoms with Gasteiger partial charge in [-0.15, -0.1) is 0 Å². The molecule has 0 radical (unpaired) electrons. The quantitative estimate of drug-likeness (QED) is 0.419. The molecule has 2 atom stereocenters. The van der Waals surface area contributed by atoms with Crippen LogP contribution in [-0.2, 0) is 27.1 Å². The van der Waals surface area contributed by atoms with Crippen LogP contribution in [0.2, 0.25) is 0 Å². The normalized spacial score (nSPS) is 17.3. The van der Waals surface area contributed by atoms with Crippen LogP contribution < -0.4 is 5.32 Å². The van der Waals surface area contributed by atoms with E-state index in [2.05, 4.69) is 58.2 Å². The van der Waals surface area contributed by atoms with Gasteiger partial charge in [0.25, 0.3) is 0 Å². The highest BCUT2D eigenvalue weighted by atomic mass is 127. The van der Waals surface area contributed by atoms with E-state index >= 15 is 0 Å². The molecule has 0 bridgehead atoms. The highest BCUT2D eigenvalue weighted by Crippen LogP contribution is 2.28. The second kappa shape index (κ2) is 9.81. The number of esters is 1. The van der Waals surface area contributed by atoms with Crippen LogP contribution in [0.15, 0.2) is 48.5 Å². The molecule has 3 rings (SSSR count). The molecular weight excluding hydrogens is 493 g/mol. The molecule has 1 N–H and O–H groups in total. The van der Waals surface area contributed by atoms with Crippen LogP contribution in [0.5, 0.6) is 0 Å². The molecule has 5 nitrogen and oxygen atoms in total. The third-order valence-corrected chi connectivity index (χ3v) is 5.85. The molecule has 2 aromatic carbocycles. The van der Waals surface area contributed by atoms with Gasteiger partial charge in [-0.1, -0.05) is 42.5 Å². The van der Waals surface area contributed by atoms with E-state index in [1.165, 1.54) is 0 Å². The second-order valence-corrected chi connectivity index (χ2v) is 9.86. The summed E-state index contributed by atoms with van der Waals surface area (Å²) in [7, 11) is 0. The van der Waals surface area contributed by atoms with Gasteiger partial charge in [-0.25, -0.2) is 4.79 Å². The zero-order valence-corrected chi connectivity index (χ0v) is 19.8. The third kappa shape index (κ3) is 6.72. The molecule has 1 amide bonds. The average molecular weight is 521 g/mol. The highest BCUT2D eigenvalue weighted by Gasteiger charge is 2.26. The monoisotopic (exact) mass is 521 g/mol. The first-order valence-electron chi connectivity index (χ1n) is 10.2. The lowest BCUT2D eigenvalue weighted by molar-refractivity contribution is -0.137. The van der Waals surface area contributed by atoms with Crippen molar-refractivity contribution in [3.05, 3.63) is 68.8 Å². The molecule has 1 saturated heterocycles. The Balaban J connectivity index is 1.84. The molecule has 160 valence electrons. The fourth-order valence-electron chi connectivity index (χ4n) is 3.55. The summed E-state index contributed by atoms with van der Waals surface area (Å²) in [6, 6.07) is 16.2. The molecule has 1 fully saturated rings. The predicted molar refractivity (Wildman–Crippen MR) is 124 cm³/mol. The van der Waals surface area contributed by atoms with Crippen LogP contribution in [0.25, 0.3) is 0 Å². The number of rotatable bonds is 6. The average Bonchev–Trinajstić information content (AvgIpc) is 3.07. The Morgan fingerprint density at radius 2 is 1.93 bits per heavy atom. The lowest BCUT2D eigenvalue weighted by Gasteiger charge is -2.25. The number of hydrogen-bond donors (Lipinski definition) is 1.